The predicted molar refractivity (Wildman–Crippen MR) is 120 cm³/mol. The van der Waals surface area contributed by atoms with Crippen molar-refractivity contribution < 1.29 is 29.0 Å². The van der Waals surface area contributed by atoms with Crippen molar-refractivity contribution in [2.24, 2.45) is 11.8 Å². The van der Waals surface area contributed by atoms with Gasteiger partial charge in [0.1, 0.15) is 11.6 Å². The van der Waals surface area contributed by atoms with Gasteiger partial charge in [-0.05, 0) is 31.7 Å². The van der Waals surface area contributed by atoms with Crippen LogP contribution in [0.3, 0.4) is 0 Å². The molecule has 33 heavy (non-hydrogen) atoms. The third kappa shape index (κ3) is 3.95. The highest BCUT2D eigenvalue weighted by atomic mass is 16.6. The average molecular weight is 457 g/mol. The molecule has 2 amide bonds. The number of aliphatic hydroxyl groups is 1. The molecular weight excluding hydrogens is 424 g/mol. The summed E-state index contributed by atoms with van der Waals surface area (Å²) in [4.78, 5) is 43.6. The highest BCUT2D eigenvalue weighted by Crippen LogP contribution is 2.58. The van der Waals surface area contributed by atoms with Gasteiger partial charge in [-0.1, -0.05) is 36.4 Å². The van der Waals surface area contributed by atoms with E-state index in [-0.39, 0.29) is 31.6 Å². The van der Waals surface area contributed by atoms with Gasteiger partial charge in [0.2, 0.25) is 11.8 Å². The minimum absolute atomic E-state index is 0.104. The molecule has 0 aromatic heterocycles. The van der Waals surface area contributed by atoms with Crippen molar-refractivity contribution in [1.29, 1.82) is 0 Å². The number of aliphatic hydroxyl groups excluding tert-OH is 1. The molecule has 2 bridgehead atoms. The number of benzene rings is 1. The van der Waals surface area contributed by atoms with Crippen LogP contribution in [-0.4, -0.2) is 76.7 Å². The van der Waals surface area contributed by atoms with Crippen LogP contribution in [0.5, 0.6) is 0 Å². The molecule has 3 heterocycles. The molecule has 1 aromatic carbocycles. The summed E-state index contributed by atoms with van der Waals surface area (Å²) in [6, 6.07) is 8.79. The first kappa shape index (κ1) is 23.4. The maximum absolute atomic E-state index is 14.0. The third-order valence-electron chi connectivity index (χ3n) is 7.03. The molecule has 3 saturated heterocycles. The summed E-state index contributed by atoms with van der Waals surface area (Å²) in [6.07, 6.45) is 2.72. The molecule has 178 valence electrons. The zero-order valence-corrected chi connectivity index (χ0v) is 19.0. The van der Waals surface area contributed by atoms with E-state index in [0.717, 1.165) is 5.56 Å². The summed E-state index contributed by atoms with van der Waals surface area (Å²) >= 11 is 0. The average Bonchev–Trinajstić information content (AvgIpc) is 3.45. The number of esters is 1. The highest BCUT2D eigenvalue weighted by Gasteiger charge is 2.74. The number of amides is 2. The SMILES string of the molecule is C=CCN(Cc1ccccc1)C(=O)C1N(CCCO)C(=O)[C@@H]2[C@H](C(=O)OCC)[C@@H]3CCC12O3. The van der Waals surface area contributed by atoms with Gasteiger partial charge in [-0.15, -0.1) is 6.58 Å². The van der Waals surface area contributed by atoms with Crippen LogP contribution >= 0.6 is 0 Å². The van der Waals surface area contributed by atoms with Gasteiger partial charge in [0.15, 0.2) is 0 Å². The number of rotatable bonds is 10. The second-order valence-electron chi connectivity index (χ2n) is 8.91. The van der Waals surface area contributed by atoms with E-state index in [1.165, 1.54) is 4.90 Å². The second kappa shape index (κ2) is 9.65. The number of likely N-dealkylation sites (tertiary alicyclic amines) is 1. The lowest BCUT2D eigenvalue weighted by Gasteiger charge is -2.36. The van der Waals surface area contributed by atoms with Crippen LogP contribution in [-0.2, 0) is 30.4 Å². The van der Waals surface area contributed by atoms with Crippen molar-refractivity contribution in [2.45, 2.75) is 50.5 Å². The van der Waals surface area contributed by atoms with E-state index in [4.69, 9.17) is 9.47 Å². The van der Waals surface area contributed by atoms with E-state index >= 15 is 0 Å². The number of carbonyl (C=O) groups excluding carboxylic acids is 3. The Morgan fingerprint density at radius 1 is 1.36 bits per heavy atom. The zero-order chi connectivity index (χ0) is 23.6. The lowest BCUT2D eigenvalue weighted by atomic mass is 9.70. The van der Waals surface area contributed by atoms with E-state index in [1.54, 1.807) is 17.9 Å². The molecule has 8 heteroatoms. The van der Waals surface area contributed by atoms with Gasteiger partial charge >= 0.3 is 5.97 Å². The Kier molecular flexibility index (Phi) is 6.86. The van der Waals surface area contributed by atoms with Gasteiger partial charge in [-0.3, -0.25) is 14.4 Å². The van der Waals surface area contributed by atoms with Gasteiger partial charge in [0.25, 0.3) is 0 Å². The van der Waals surface area contributed by atoms with E-state index in [2.05, 4.69) is 6.58 Å². The smallest absolute Gasteiger partial charge is 0.312 e. The molecule has 3 fully saturated rings. The standard InChI is InChI=1S/C25H32N2O6/c1-3-13-26(16-17-9-6-5-7-10-17)23(30)21-25-12-11-18(33-25)19(24(31)32-4-2)20(25)22(29)27(21)14-8-15-28/h3,5-7,9-10,18-21,28H,1,4,8,11-16H2,2H3/t18-,19+,20-,21?,25?/m0/s1. The number of hydrogen-bond donors (Lipinski definition) is 1. The third-order valence-corrected chi connectivity index (χ3v) is 7.03. The topological polar surface area (TPSA) is 96.4 Å². The van der Waals surface area contributed by atoms with Crippen molar-refractivity contribution in [2.75, 3.05) is 26.3 Å². The number of hydrogen-bond acceptors (Lipinski definition) is 6. The summed E-state index contributed by atoms with van der Waals surface area (Å²) in [5, 5.41) is 9.42. The zero-order valence-electron chi connectivity index (χ0n) is 19.0. The molecule has 1 N–H and O–H groups in total. The van der Waals surface area contributed by atoms with Gasteiger partial charge in [-0.25, -0.2) is 0 Å². The van der Waals surface area contributed by atoms with E-state index in [0.29, 0.717) is 32.4 Å². The summed E-state index contributed by atoms with van der Waals surface area (Å²) in [5.74, 6) is -2.38. The summed E-state index contributed by atoms with van der Waals surface area (Å²) in [5.41, 5.74) is -0.0871. The minimum atomic E-state index is -1.05. The molecular formula is C25H32N2O6. The number of ether oxygens (including phenoxy) is 2. The molecule has 5 atom stereocenters. The molecule has 3 aliphatic rings. The Labute approximate surface area is 194 Å². The van der Waals surface area contributed by atoms with E-state index < -0.39 is 35.6 Å². The molecule has 1 spiro atoms. The first-order chi connectivity index (χ1) is 16.0. The van der Waals surface area contributed by atoms with Gasteiger partial charge in [0.05, 0.1) is 24.5 Å². The number of nitrogens with zero attached hydrogens (tertiary/aromatic N) is 2. The first-order valence-electron chi connectivity index (χ1n) is 11.7. The van der Waals surface area contributed by atoms with Gasteiger partial charge in [0, 0.05) is 26.2 Å². The van der Waals surface area contributed by atoms with Crippen LogP contribution in [0.25, 0.3) is 0 Å². The highest BCUT2D eigenvalue weighted by molar-refractivity contribution is 5.98. The summed E-state index contributed by atoms with van der Waals surface area (Å²) in [7, 11) is 0. The fraction of sp³-hybridized carbons (Fsp3) is 0.560. The van der Waals surface area contributed by atoms with Gasteiger partial charge < -0.3 is 24.4 Å². The fourth-order valence-corrected chi connectivity index (χ4v) is 5.79. The van der Waals surface area contributed by atoms with Crippen LogP contribution in [0.2, 0.25) is 0 Å². The molecule has 0 saturated carbocycles. The molecule has 4 rings (SSSR count). The molecule has 0 aliphatic carbocycles. The quantitative estimate of drug-likeness (QED) is 0.424. The maximum Gasteiger partial charge on any atom is 0.312 e. The number of fused-ring (bicyclic) bond motifs is 1. The normalized spacial score (nSPS) is 29.8. The van der Waals surface area contributed by atoms with Crippen LogP contribution < -0.4 is 0 Å². The number of carbonyl (C=O) groups is 3. The monoisotopic (exact) mass is 456 g/mol. The molecule has 3 aliphatic heterocycles. The van der Waals surface area contributed by atoms with Crippen LogP contribution in [0.4, 0.5) is 0 Å². The Hall–Kier alpha value is -2.71. The molecule has 8 nitrogen and oxygen atoms in total. The second-order valence-corrected chi connectivity index (χ2v) is 8.91. The Morgan fingerprint density at radius 3 is 2.79 bits per heavy atom. The largest absolute Gasteiger partial charge is 0.466 e. The fourth-order valence-electron chi connectivity index (χ4n) is 5.79. The lowest BCUT2D eigenvalue weighted by molar-refractivity contribution is -0.155. The molecule has 0 radical (unpaired) electrons. The van der Waals surface area contributed by atoms with Crippen LogP contribution in [0.1, 0.15) is 31.7 Å². The van der Waals surface area contributed by atoms with E-state index in [1.807, 2.05) is 30.3 Å². The Bertz CT molecular complexity index is 905. The van der Waals surface area contributed by atoms with Crippen molar-refractivity contribution in [3.63, 3.8) is 0 Å². The van der Waals surface area contributed by atoms with Gasteiger partial charge in [-0.2, -0.15) is 0 Å². The lowest BCUT2D eigenvalue weighted by Crippen LogP contribution is -2.56. The summed E-state index contributed by atoms with van der Waals surface area (Å²) < 4.78 is 11.6. The van der Waals surface area contributed by atoms with Crippen molar-refractivity contribution in [1.82, 2.24) is 9.80 Å². The van der Waals surface area contributed by atoms with Crippen molar-refractivity contribution in [3.05, 3.63) is 48.6 Å². The van der Waals surface area contributed by atoms with Crippen molar-refractivity contribution >= 4 is 17.8 Å². The van der Waals surface area contributed by atoms with E-state index in [9.17, 15) is 19.5 Å². The molecule has 1 aromatic rings. The Morgan fingerprint density at radius 2 is 2.12 bits per heavy atom. The first-order valence-corrected chi connectivity index (χ1v) is 11.7. The predicted octanol–water partition coefficient (Wildman–Crippen LogP) is 1.52. The minimum Gasteiger partial charge on any atom is -0.466 e. The Balaban J connectivity index is 1.69. The summed E-state index contributed by atoms with van der Waals surface area (Å²) in [6.45, 7) is 6.56. The van der Waals surface area contributed by atoms with Crippen molar-refractivity contribution in [3.8, 4) is 0 Å². The van der Waals surface area contributed by atoms with Crippen LogP contribution in [0, 0.1) is 11.8 Å². The maximum atomic E-state index is 14.0. The van der Waals surface area contributed by atoms with Crippen LogP contribution in [0.15, 0.2) is 43.0 Å². The molecule has 2 unspecified atom stereocenters.